The molecule has 0 bridgehead atoms. The van der Waals surface area contributed by atoms with Crippen molar-refractivity contribution in [2.24, 2.45) is 11.8 Å². The van der Waals surface area contributed by atoms with Gasteiger partial charge in [-0.3, -0.25) is 4.79 Å². The van der Waals surface area contributed by atoms with Crippen molar-refractivity contribution >= 4 is 5.91 Å². The molecule has 0 spiro atoms. The smallest absolute Gasteiger partial charge is 0.223 e. The molecule has 1 amide bonds. The molecular weight excluding hydrogens is 272 g/mol. The standard InChI is InChI=1S/C19H28N2O/c22-19(16-10-12-20-13-11-16)21-18-9-5-4-8-17(18)14-15-6-2-1-3-7-15/h1-3,6-7,16-18,20H,4-5,8-14H2,(H,21,22). The van der Waals surface area contributed by atoms with Gasteiger partial charge in [0.1, 0.15) is 0 Å². The predicted molar refractivity (Wildman–Crippen MR) is 89.6 cm³/mol. The first-order chi connectivity index (χ1) is 10.8. The van der Waals surface area contributed by atoms with E-state index in [4.69, 9.17) is 0 Å². The van der Waals surface area contributed by atoms with Gasteiger partial charge in [0.2, 0.25) is 5.91 Å². The maximum Gasteiger partial charge on any atom is 0.223 e. The summed E-state index contributed by atoms with van der Waals surface area (Å²) in [5, 5.41) is 6.73. The molecular formula is C19H28N2O. The molecule has 2 aliphatic rings. The fraction of sp³-hybridized carbons (Fsp3) is 0.632. The Hall–Kier alpha value is -1.35. The second kappa shape index (κ2) is 7.77. The van der Waals surface area contributed by atoms with Crippen LogP contribution >= 0.6 is 0 Å². The first-order valence-corrected chi connectivity index (χ1v) is 8.88. The molecule has 1 saturated heterocycles. The van der Waals surface area contributed by atoms with E-state index >= 15 is 0 Å². The van der Waals surface area contributed by atoms with Gasteiger partial charge in [-0.25, -0.2) is 0 Å². The summed E-state index contributed by atoms with van der Waals surface area (Å²) in [6, 6.07) is 11.1. The van der Waals surface area contributed by atoms with Crippen LogP contribution in [0.4, 0.5) is 0 Å². The third kappa shape index (κ3) is 4.10. The molecule has 1 saturated carbocycles. The zero-order valence-electron chi connectivity index (χ0n) is 13.4. The lowest BCUT2D eigenvalue weighted by Crippen LogP contribution is -2.47. The van der Waals surface area contributed by atoms with Crippen LogP contribution in [0.1, 0.15) is 44.1 Å². The average molecular weight is 300 g/mol. The van der Waals surface area contributed by atoms with Crippen LogP contribution in [-0.2, 0) is 11.2 Å². The molecule has 0 aromatic heterocycles. The van der Waals surface area contributed by atoms with Crippen LogP contribution in [-0.4, -0.2) is 25.0 Å². The van der Waals surface area contributed by atoms with E-state index in [-0.39, 0.29) is 5.92 Å². The van der Waals surface area contributed by atoms with Gasteiger partial charge in [0.25, 0.3) is 0 Å². The van der Waals surface area contributed by atoms with Crippen LogP contribution in [0, 0.1) is 11.8 Å². The number of carbonyl (C=O) groups excluding carboxylic acids is 1. The molecule has 1 heterocycles. The summed E-state index contributed by atoms with van der Waals surface area (Å²) in [5.74, 6) is 1.12. The first kappa shape index (κ1) is 15.5. The maximum absolute atomic E-state index is 12.5. The van der Waals surface area contributed by atoms with Crippen LogP contribution in [0.2, 0.25) is 0 Å². The first-order valence-electron chi connectivity index (χ1n) is 8.88. The summed E-state index contributed by atoms with van der Waals surface area (Å²) in [7, 11) is 0. The number of carbonyl (C=O) groups is 1. The van der Waals surface area contributed by atoms with Crippen LogP contribution in [0.15, 0.2) is 30.3 Å². The average Bonchev–Trinajstić information content (AvgIpc) is 2.58. The summed E-state index contributed by atoms with van der Waals surface area (Å²) in [6.07, 6.45) is 8.02. The quantitative estimate of drug-likeness (QED) is 0.897. The molecule has 1 aromatic rings. The zero-order valence-corrected chi connectivity index (χ0v) is 13.4. The van der Waals surface area contributed by atoms with Crippen molar-refractivity contribution in [1.29, 1.82) is 0 Å². The van der Waals surface area contributed by atoms with Crippen molar-refractivity contribution < 1.29 is 4.79 Å². The van der Waals surface area contributed by atoms with Crippen LogP contribution in [0.5, 0.6) is 0 Å². The molecule has 2 atom stereocenters. The Morgan fingerprint density at radius 2 is 1.77 bits per heavy atom. The zero-order chi connectivity index (χ0) is 15.2. The highest BCUT2D eigenvalue weighted by Gasteiger charge is 2.29. The molecule has 3 heteroatoms. The minimum Gasteiger partial charge on any atom is -0.353 e. The number of rotatable bonds is 4. The number of amides is 1. The number of hydrogen-bond donors (Lipinski definition) is 2. The Bertz CT molecular complexity index is 468. The minimum absolute atomic E-state index is 0.223. The van der Waals surface area contributed by atoms with Crippen LogP contribution in [0.3, 0.4) is 0 Å². The van der Waals surface area contributed by atoms with Crippen molar-refractivity contribution in [3.8, 4) is 0 Å². The van der Waals surface area contributed by atoms with Gasteiger partial charge in [-0.15, -0.1) is 0 Å². The van der Waals surface area contributed by atoms with Crippen LogP contribution in [0.25, 0.3) is 0 Å². The predicted octanol–water partition coefficient (Wildman–Crippen LogP) is 2.90. The number of piperidine rings is 1. The Morgan fingerprint density at radius 3 is 2.55 bits per heavy atom. The number of benzene rings is 1. The van der Waals surface area contributed by atoms with Gasteiger partial charge in [-0.2, -0.15) is 0 Å². The molecule has 2 fully saturated rings. The van der Waals surface area contributed by atoms with Gasteiger partial charge in [0.05, 0.1) is 0 Å². The molecule has 1 aliphatic carbocycles. The van der Waals surface area contributed by atoms with Gasteiger partial charge in [0.15, 0.2) is 0 Å². The summed E-state index contributed by atoms with van der Waals surface area (Å²) in [6.45, 7) is 1.96. The third-order valence-electron chi connectivity index (χ3n) is 5.29. The van der Waals surface area contributed by atoms with Gasteiger partial charge in [-0.1, -0.05) is 43.2 Å². The van der Waals surface area contributed by atoms with E-state index < -0.39 is 0 Å². The fourth-order valence-corrected chi connectivity index (χ4v) is 3.94. The van der Waals surface area contributed by atoms with E-state index in [0.717, 1.165) is 38.8 Å². The van der Waals surface area contributed by atoms with E-state index in [9.17, 15) is 4.79 Å². The Kier molecular flexibility index (Phi) is 5.49. The number of hydrogen-bond acceptors (Lipinski definition) is 2. The fourth-order valence-electron chi connectivity index (χ4n) is 3.94. The Labute approximate surface area is 133 Å². The van der Waals surface area contributed by atoms with E-state index in [0.29, 0.717) is 17.9 Å². The monoisotopic (exact) mass is 300 g/mol. The SMILES string of the molecule is O=C(NC1CCCCC1Cc1ccccc1)C1CCNCC1. The molecule has 2 unspecified atom stereocenters. The largest absolute Gasteiger partial charge is 0.353 e. The van der Waals surface area contributed by atoms with Crippen molar-refractivity contribution in [2.75, 3.05) is 13.1 Å². The van der Waals surface area contributed by atoms with Crippen molar-refractivity contribution in [2.45, 2.75) is 51.0 Å². The second-order valence-electron chi connectivity index (χ2n) is 6.87. The summed E-state index contributed by atoms with van der Waals surface area (Å²) in [5.41, 5.74) is 1.40. The highest BCUT2D eigenvalue weighted by Crippen LogP contribution is 2.28. The maximum atomic E-state index is 12.5. The second-order valence-corrected chi connectivity index (χ2v) is 6.87. The van der Waals surface area contributed by atoms with Gasteiger partial charge in [0, 0.05) is 12.0 Å². The van der Waals surface area contributed by atoms with Gasteiger partial charge >= 0.3 is 0 Å². The van der Waals surface area contributed by atoms with Gasteiger partial charge in [-0.05, 0) is 56.7 Å². The molecule has 120 valence electrons. The molecule has 1 aliphatic heterocycles. The van der Waals surface area contributed by atoms with E-state index in [1.807, 2.05) is 0 Å². The molecule has 22 heavy (non-hydrogen) atoms. The van der Waals surface area contributed by atoms with E-state index in [2.05, 4.69) is 41.0 Å². The minimum atomic E-state index is 0.223. The van der Waals surface area contributed by atoms with Crippen LogP contribution < -0.4 is 10.6 Å². The van der Waals surface area contributed by atoms with Gasteiger partial charge < -0.3 is 10.6 Å². The Balaban J connectivity index is 1.58. The normalized spacial score (nSPS) is 26.5. The third-order valence-corrected chi connectivity index (χ3v) is 5.29. The highest BCUT2D eigenvalue weighted by molar-refractivity contribution is 5.79. The molecule has 3 nitrogen and oxygen atoms in total. The summed E-state index contributed by atoms with van der Waals surface area (Å²) >= 11 is 0. The van der Waals surface area contributed by atoms with Crippen molar-refractivity contribution in [3.05, 3.63) is 35.9 Å². The lowest BCUT2D eigenvalue weighted by molar-refractivity contribution is -0.127. The lowest BCUT2D eigenvalue weighted by atomic mass is 9.80. The summed E-state index contributed by atoms with van der Waals surface area (Å²) in [4.78, 5) is 12.5. The Morgan fingerprint density at radius 1 is 1.05 bits per heavy atom. The number of nitrogens with one attached hydrogen (secondary N) is 2. The van der Waals surface area contributed by atoms with E-state index in [1.54, 1.807) is 0 Å². The highest BCUT2D eigenvalue weighted by atomic mass is 16.1. The molecule has 3 rings (SSSR count). The lowest BCUT2D eigenvalue weighted by Gasteiger charge is -2.34. The molecule has 2 N–H and O–H groups in total. The molecule has 1 aromatic carbocycles. The molecule has 0 radical (unpaired) electrons. The van der Waals surface area contributed by atoms with Crippen molar-refractivity contribution in [1.82, 2.24) is 10.6 Å². The van der Waals surface area contributed by atoms with E-state index in [1.165, 1.54) is 24.8 Å². The topological polar surface area (TPSA) is 41.1 Å². The summed E-state index contributed by atoms with van der Waals surface area (Å²) < 4.78 is 0. The van der Waals surface area contributed by atoms with Crippen molar-refractivity contribution in [3.63, 3.8) is 0 Å².